The topological polar surface area (TPSA) is 29.5 Å². The van der Waals surface area contributed by atoms with Gasteiger partial charge in [-0.05, 0) is 43.9 Å². The van der Waals surface area contributed by atoms with Gasteiger partial charge in [-0.2, -0.15) is 0 Å². The summed E-state index contributed by atoms with van der Waals surface area (Å²) in [7, 11) is 0. The molecule has 0 saturated heterocycles. The summed E-state index contributed by atoms with van der Waals surface area (Å²) >= 11 is 0. The van der Waals surface area contributed by atoms with Gasteiger partial charge in [0.25, 0.3) is 0 Å². The fourth-order valence-corrected chi connectivity index (χ4v) is 1.87. The summed E-state index contributed by atoms with van der Waals surface area (Å²) in [4.78, 5) is 0. The fraction of sp³-hybridized carbons (Fsp3) is 0.600. The van der Waals surface area contributed by atoms with E-state index in [0.717, 1.165) is 12.2 Å². The summed E-state index contributed by atoms with van der Waals surface area (Å²) < 4.78 is 5.73. The predicted molar refractivity (Wildman–Crippen MR) is 71.5 cm³/mol. The Balaban J connectivity index is 2.56. The zero-order valence-corrected chi connectivity index (χ0v) is 11.3. The van der Waals surface area contributed by atoms with E-state index in [2.05, 4.69) is 26.0 Å². The normalized spacial score (nSPS) is 16.3. The highest BCUT2D eigenvalue weighted by atomic mass is 16.5. The molecule has 1 aromatic carbocycles. The number of hydrogen-bond donors (Lipinski definition) is 1. The van der Waals surface area contributed by atoms with Gasteiger partial charge in [-0.25, -0.2) is 0 Å². The molecule has 0 saturated carbocycles. The third-order valence-electron chi connectivity index (χ3n) is 3.07. The zero-order chi connectivity index (χ0) is 12.8. The second-order valence-electron chi connectivity index (χ2n) is 4.89. The standard InChI is InChI=1S/C15H24O2/c1-5-11(2)14-6-8-15(9-7-14)17-13(4)10-12(3)16/h6-9,11-13,16H,5,10H2,1-4H3. The van der Waals surface area contributed by atoms with Crippen molar-refractivity contribution in [1.29, 1.82) is 0 Å². The Bertz CT molecular complexity index is 316. The lowest BCUT2D eigenvalue weighted by Crippen LogP contribution is -2.18. The van der Waals surface area contributed by atoms with Crippen LogP contribution in [0.2, 0.25) is 0 Å². The minimum atomic E-state index is -0.315. The number of benzene rings is 1. The van der Waals surface area contributed by atoms with E-state index in [4.69, 9.17) is 4.74 Å². The van der Waals surface area contributed by atoms with E-state index in [9.17, 15) is 5.11 Å². The third kappa shape index (κ3) is 4.78. The van der Waals surface area contributed by atoms with E-state index in [-0.39, 0.29) is 12.2 Å². The summed E-state index contributed by atoms with van der Waals surface area (Å²) in [6.07, 6.45) is 1.54. The minimum Gasteiger partial charge on any atom is -0.491 e. The summed E-state index contributed by atoms with van der Waals surface area (Å²) in [5.74, 6) is 1.48. The predicted octanol–water partition coefficient (Wildman–Crippen LogP) is 3.74. The lowest BCUT2D eigenvalue weighted by Gasteiger charge is -2.17. The van der Waals surface area contributed by atoms with Gasteiger partial charge >= 0.3 is 0 Å². The molecule has 2 nitrogen and oxygen atoms in total. The molecule has 2 heteroatoms. The van der Waals surface area contributed by atoms with Crippen LogP contribution < -0.4 is 4.74 Å². The van der Waals surface area contributed by atoms with Gasteiger partial charge in [-0.3, -0.25) is 0 Å². The molecule has 0 bridgehead atoms. The quantitative estimate of drug-likeness (QED) is 0.815. The van der Waals surface area contributed by atoms with Crippen LogP contribution in [0.1, 0.15) is 52.0 Å². The van der Waals surface area contributed by atoms with Crippen LogP contribution in [0.25, 0.3) is 0 Å². The molecule has 0 aliphatic heterocycles. The second kappa shape index (κ2) is 6.65. The van der Waals surface area contributed by atoms with Crippen molar-refractivity contribution in [2.75, 3.05) is 0 Å². The molecule has 3 atom stereocenters. The van der Waals surface area contributed by atoms with E-state index in [1.165, 1.54) is 5.56 Å². The van der Waals surface area contributed by atoms with E-state index in [0.29, 0.717) is 12.3 Å². The monoisotopic (exact) mass is 236 g/mol. The Labute approximate surface area is 105 Å². The highest BCUT2D eigenvalue weighted by Crippen LogP contribution is 2.22. The largest absolute Gasteiger partial charge is 0.491 e. The first-order chi connectivity index (χ1) is 8.02. The number of ether oxygens (including phenoxy) is 1. The van der Waals surface area contributed by atoms with Crippen LogP contribution in [0.5, 0.6) is 5.75 Å². The molecule has 0 aromatic heterocycles. The molecule has 0 spiro atoms. The maximum absolute atomic E-state index is 9.27. The Morgan fingerprint density at radius 3 is 2.18 bits per heavy atom. The van der Waals surface area contributed by atoms with Crippen molar-refractivity contribution < 1.29 is 9.84 Å². The molecule has 17 heavy (non-hydrogen) atoms. The van der Waals surface area contributed by atoms with Crippen LogP contribution in [0.3, 0.4) is 0 Å². The molecule has 96 valence electrons. The van der Waals surface area contributed by atoms with Crippen molar-refractivity contribution in [3.05, 3.63) is 29.8 Å². The van der Waals surface area contributed by atoms with Gasteiger partial charge in [0.15, 0.2) is 0 Å². The van der Waals surface area contributed by atoms with E-state index >= 15 is 0 Å². The average Bonchev–Trinajstić information content (AvgIpc) is 2.28. The lowest BCUT2D eigenvalue weighted by molar-refractivity contribution is 0.115. The molecule has 3 unspecified atom stereocenters. The van der Waals surface area contributed by atoms with Crippen LogP contribution >= 0.6 is 0 Å². The molecular formula is C15H24O2. The maximum atomic E-state index is 9.27. The summed E-state index contributed by atoms with van der Waals surface area (Å²) in [5, 5.41) is 9.27. The molecule has 0 radical (unpaired) electrons. The van der Waals surface area contributed by atoms with Gasteiger partial charge in [-0.1, -0.05) is 26.0 Å². The van der Waals surface area contributed by atoms with Crippen molar-refractivity contribution in [2.24, 2.45) is 0 Å². The highest BCUT2D eigenvalue weighted by molar-refractivity contribution is 5.29. The molecule has 0 fully saturated rings. The summed E-state index contributed by atoms with van der Waals surface area (Å²) in [5.41, 5.74) is 1.35. The van der Waals surface area contributed by atoms with Crippen molar-refractivity contribution >= 4 is 0 Å². The van der Waals surface area contributed by atoms with Gasteiger partial charge in [0, 0.05) is 6.42 Å². The maximum Gasteiger partial charge on any atom is 0.119 e. The van der Waals surface area contributed by atoms with E-state index < -0.39 is 0 Å². The van der Waals surface area contributed by atoms with E-state index in [1.807, 2.05) is 19.1 Å². The van der Waals surface area contributed by atoms with Crippen LogP contribution in [0.15, 0.2) is 24.3 Å². The molecule has 0 aliphatic rings. The van der Waals surface area contributed by atoms with Crippen LogP contribution in [-0.2, 0) is 0 Å². The lowest BCUT2D eigenvalue weighted by atomic mass is 9.99. The molecule has 1 rings (SSSR count). The number of hydrogen-bond acceptors (Lipinski definition) is 2. The molecule has 1 aromatic rings. The summed E-state index contributed by atoms with van der Waals surface area (Å²) in [6.45, 7) is 8.19. The fourth-order valence-electron chi connectivity index (χ4n) is 1.87. The zero-order valence-electron chi connectivity index (χ0n) is 11.3. The number of aliphatic hydroxyl groups excluding tert-OH is 1. The first-order valence-corrected chi connectivity index (χ1v) is 6.47. The van der Waals surface area contributed by atoms with Crippen molar-refractivity contribution in [2.45, 2.75) is 58.7 Å². The van der Waals surface area contributed by atoms with Crippen molar-refractivity contribution in [3.63, 3.8) is 0 Å². The summed E-state index contributed by atoms with van der Waals surface area (Å²) in [6, 6.07) is 8.28. The molecule has 1 N–H and O–H groups in total. The van der Waals surface area contributed by atoms with Gasteiger partial charge in [0.1, 0.15) is 5.75 Å². The van der Waals surface area contributed by atoms with Gasteiger partial charge in [0.05, 0.1) is 12.2 Å². The Kier molecular flexibility index (Phi) is 5.49. The molecule has 0 amide bonds. The van der Waals surface area contributed by atoms with Gasteiger partial charge in [0.2, 0.25) is 0 Å². The van der Waals surface area contributed by atoms with Gasteiger partial charge in [-0.15, -0.1) is 0 Å². The second-order valence-corrected chi connectivity index (χ2v) is 4.89. The number of aliphatic hydroxyl groups is 1. The molecular weight excluding hydrogens is 212 g/mol. The molecule has 0 aliphatic carbocycles. The average molecular weight is 236 g/mol. The first-order valence-electron chi connectivity index (χ1n) is 6.47. The minimum absolute atomic E-state index is 0.0458. The van der Waals surface area contributed by atoms with Crippen molar-refractivity contribution in [3.8, 4) is 5.75 Å². The molecule has 0 heterocycles. The smallest absolute Gasteiger partial charge is 0.119 e. The highest BCUT2D eigenvalue weighted by Gasteiger charge is 2.08. The van der Waals surface area contributed by atoms with Crippen molar-refractivity contribution in [1.82, 2.24) is 0 Å². The van der Waals surface area contributed by atoms with Crippen LogP contribution in [-0.4, -0.2) is 17.3 Å². The van der Waals surface area contributed by atoms with Crippen LogP contribution in [0, 0.1) is 0 Å². The Morgan fingerprint density at radius 1 is 1.12 bits per heavy atom. The Morgan fingerprint density at radius 2 is 1.71 bits per heavy atom. The van der Waals surface area contributed by atoms with Crippen LogP contribution in [0.4, 0.5) is 0 Å². The van der Waals surface area contributed by atoms with E-state index in [1.54, 1.807) is 6.92 Å². The van der Waals surface area contributed by atoms with Gasteiger partial charge < -0.3 is 9.84 Å². The SMILES string of the molecule is CCC(C)c1ccc(OC(C)CC(C)O)cc1. The number of rotatable bonds is 6. The third-order valence-corrected chi connectivity index (χ3v) is 3.07. The Hall–Kier alpha value is -1.02. The first kappa shape index (κ1) is 14.0.